The third-order valence-electron chi connectivity index (χ3n) is 6.07. The Balaban J connectivity index is 2.06. The van der Waals surface area contributed by atoms with E-state index in [0.29, 0.717) is 11.8 Å². The third-order valence-corrected chi connectivity index (χ3v) is 6.78. The summed E-state index contributed by atoms with van der Waals surface area (Å²) >= 11 is 1.69. The average molecular weight is 491 g/mol. The molecule has 3 rings (SSSR count). The summed E-state index contributed by atoms with van der Waals surface area (Å²) in [5.74, 6) is 2.52. The molecule has 0 aliphatic heterocycles. The molecule has 0 bridgehead atoms. The molecule has 0 atom stereocenters. The first-order valence-corrected chi connectivity index (χ1v) is 13.3. The van der Waals surface area contributed by atoms with Crippen LogP contribution >= 0.6 is 11.8 Å². The lowest BCUT2D eigenvalue weighted by molar-refractivity contribution is 0.405. The fourth-order valence-corrected chi connectivity index (χ4v) is 4.65. The Morgan fingerprint density at radius 1 is 0.743 bits per heavy atom. The van der Waals surface area contributed by atoms with Crippen molar-refractivity contribution >= 4 is 22.6 Å². The van der Waals surface area contributed by atoms with Crippen molar-refractivity contribution in [1.29, 1.82) is 0 Å². The Hall–Kier alpha value is -2.92. The molecule has 3 aromatic carbocycles. The van der Waals surface area contributed by atoms with E-state index in [1.54, 1.807) is 26.0 Å². The standard InChI is InChI=1S/C30H38N2O2S/c1-21(2)27-9-8-10-28(22(3)4)29(27)31-30(35-7)32(19-23-11-15-25(33-5)16-12-23)20-24-13-17-26(34-6)18-14-24/h8-18,21-22H,19-20H2,1-7H3. The zero-order valence-electron chi connectivity index (χ0n) is 22.0. The molecule has 0 radical (unpaired) electrons. The van der Waals surface area contributed by atoms with Gasteiger partial charge < -0.3 is 14.4 Å². The zero-order valence-corrected chi connectivity index (χ0v) is 22.9. The van der Waals surface area contributed by atoms with Crippen molar-refractivity contribution in [1.82, 2.24) is 4.90 Å². The Kier molecular flexibility index (Phi) is 9.67. The smallest absolute Gasteiger partial charge is 0.164 e. The topological polar surface area (TPSA) is 34.1 Å². The van der Waals surface area contributed by atoms with E-state index in [1.807, 2.05) is 24.3 Å². The van der Waals surface area contributed by atoms with Crippen LogP contribution in [0.2, 0.25) is 0 Å². The van der Waals surface area contributed by atoms with Gasteiger partial charge in [-0.1, -0.05) is 81.9 Å². The predicted molar refractivity (Wildman–Crippen MR) is 150 cm³/mol. The van der Waals surface area contributed by atoms with Gasteiger partial charge in [-0.15, -0.1) is 0 Å². The van der Waals surface area contributed by atoms with Crippen molar-refractivity contribution in [2.24, 2.45) is 4.99 Å². The maximum atomic E-state index is 5.36. The summed E-state index contributed by atoms with van der Waals surface area (Å²) in [4.78, 5) is 7.69. The molecule has 0 heterocycles. The molecule has 0 saturated heterocycles. The number of amidine groups is 1. The molecule has 5 heteroatoms. The van der Waals surface area contributed by atoms with Crippen molar-refractivity contribution < 1.29 is 9.47 Å². The van der Waals surface area contributed by atoms with E-state index in [1.165, 1.54) is 22.3 Å². The second-order valence-electron chi connectivity index (χ2n) is 9.25. The monoisotopic (exact) mass is 490 g/mol. The minimum Gasteiger partial charge on any atom is -0.497 e. The van der Waals surface area contributed by atoms with E-state index in [4.69, 9.17) is 14.5 Å². The molecule has 0 unspecified atom stereocenters. The number of ether oxygens (including phenoxy) is 2. The highest BCUT2D eigenvalue weighted by Gasteiger charge is 2.18. The number of benzene rings is 3. The van der Waals surface area contributed by atoms with Crippen LogP contribution in [0, 0.1) is 0 Å². The number of methoxy groups -OCH3 is 2. The fraction of sp³-hybridized carbons (Fsp3) is 0.367. The molecule has 0 aliphatic rings. The second-order valence-corrected chi connectivity index (χ2v) is 10.0. The molecule has 0 spiro atoms. The minimum atomic E-state index is 0.396. The van der Waals surface area contributed by atoms with Gasteiger partial charge in [0.25, 0.3) is 0 Å². The average Bonchev–Trinajstić information content (AvgIpc) is 2.87. The lowest BCUT2D eigenvalue weighted by Crippen LogP contribution is -2.28. The van der Waals surface area contributed by atoms with Gasteiger partial charge in [0.2, 0.25) is 0 Å². The summed E-state index contributed by atoms with van der Waals surface area (Å²) < 4.78 is 10.7. The molecule has 35 heavy (non-hydrogen) atoms. The Morgan fingerprint density at radius 2 is 1.17 bits per heavy atom. The van der Waals surface area contributed by atoms with Gasteiger partial charge in [-0.25, -0.2) is 4.99 Å². The minimum absolute atomic E-state index is 0.396. The van der Waals surface area contributed by atoms with E-state index >= 15 is 0 Å². The number of nitrogens with zero attached hydrogens (tertiary/aromatic N) is 2. The van der Waals surface area contributed by atoms with Gasteiger partial charge in [-0.2, -0.15) is 0 Å². The van der Waals surface area contributed by atoms with Gasteiger partial charge in [-0.05, 0) is 64.6 Å². The van der Waals surface area contributed by atoms with Crippen LogP contribution in [0.1, 0.15) is 61.8 Å². The van der Waals surface area contributed by atoms with Crippen LogP contribution in [0.4, 0.5) is 5.69 Å². The van der Waals surface area contributed by atoms with E-state index in [0.717, 1.165) is 35.4 Å². The number of hydrogen-bond donors (Lipinski definition) is 0. The largest absolute Gasteiger partial charge is 0.497 e. The quantitative estimate of drug-likeness (QED) is 0.225. The number of aliphatic imine (C=N–C) groups is 1. The first kappa shape index (κ1) is 26.7. The summed E-state index contributed by atoms with van der Waals surface area (Å²) in [7, 11) is 3.39. The van der Waals surface area contributed by atoms with Crippen molar-refractivity contribution in [2.45, 2.75) is 52.6 Å². The molecule has 186 valence electrons. The van der Waals surface area contributed by atoms with Crippen LogP contribution in [0.5, 0.6) is 11.5 Å². The number of para-hydroxylation sites is 1. The van der Waals surface area contributed by atoms with Gasteiger partial charge >= 0.3 is 0 Å². The summed E-state index contributed by atoms with van der Waals surface area (Å²) in [5, 5.41) is 1.01. The van der Waals surface area contributed by atoms with Crippen molar-refractivity contribution in [2.75, 3.05) is 20.5 Å². The van der Waals surface area contributed by atoms with Gasteiger partial charge in [0.05, 0.1) is 19.9 Å². The molecule has 0 saturated carbocycles. The maximum Gasteiger partial charge on any atom is 0.164 e. The summed E-state index contributed by atoms with van der Waals surface area (Å²) in [6.07, 6.45) is 2.11. The van der Waals surface area contributed by atoms with Gasteiger partial charge in [-0.3, -0.25) is 0 Å². The molecule has 0 fully saturated rings. The van der Waals surface area contributed by atoms with Gasteiger partial charge in [0, 0.05) is 13.1 Å². The van der Waals surface area contributed by atoms with Crippen molar-refractivity contribution in [3.8, 4) is 11.5 Å². The number of thioether (sulfide) groups is 1. The number of hydrogen-bond acceptors (Lipinski definition) is 4. The predicted octanol–water partition coefficient (Wildman–Crippen LogP) is 8.00. The highest BCUT2D eigenvalue weighted by Crippen LogP contribution is 2.36. The molecule has 0 N–H and O–H groups in total. The van der Waals surface area contributed by atoms with Gasteiger partial charge in [0.1, 0.15) is 11.5 Å². The second kappa shape index (κ2) is 12.7. The van der Waals surface area contributed by atoms with E-state index in [2.05, 4.69) is 81.3 Å². The Labute approximate surface area is 215 Å². The normalized spacial score (nSPS) is 11.7. The third kappa shape index (κ3) is 7.04. The van der Waals surface area contributed by atoms with Crippen molar-refractivity contribution in [3.63, 3.8) is 0 Å². The lowest BCUT2D eigenvalue weighted by atomic mass is 9.93. The first-order valence-electron chi connectivity index (χ1n) is 12.1. The highest BCUT2D eigenvalue weighted by molar-refractivity contribution is 8.13. The molecule has 0 amide bonds. The molecule has 3 aromatic rings. The zero-order chi connectivity index (χ0) is 25.4. The van der Waals surface area contributed by atoms with Crippen LogP contribution in [-0.2, 0) is 13.1 Å². The van der Waals surface area contributed by atoms with E-state index in [-0.39, 0.29) is 0 Å². The van der Waals surface area contributed by atoms with Crippen LogP contribution in [-0.4, -0.2) is 30.5 Å². The first-order chi connectivity index (χ1) is 16.9. The van der Waals surface area contributed by atoms with Crippen LogP contribution in [0.3, 0.4) is 0 Å². The van der Waals surface area contributed by atoms with Crippen LogP contribution in [0.25, 0.3) is 0 Å². The molecule has 0 aromatic heterocycles. The van der Waals surface area contributed by atoms with Crippen LogP contribution < -0.4 is 9.47 Å². The Bertz CT molecular complexity index is 1030. The molecular weight excluding hydrogens is 452 g/mol. The highest BCUT2D eigenvalue weighted by atomic mass is 32.2. The SMILES string of the molecule is COc1ccc(CN(Cc2ccc(OC)cc2)C(=Nc2c(C(C)C)cccc2C(C)C)SC)cc1. The Morgan fingerprint density at radius 3 is 1.51 bits per heavy atom. The van der Waals surface area contributed by atoms with E-state index < -0.39 is 0 Å². The fourth-order valence-electron chi connectivity index (χ4n) is 4.08. The van der Waals surface area contributed by atoms with E-state index in [9.17, 15) is 0 Å². The lowest BCUT2D eigenvalue weighted by Gasteiger charge is -2.27. The summed E-state index contributed by atoms with van der Waals surface area (Å²) in [5.41, 5.74) is 6.11. The van der Waals surface area contributed by atoms with Gasteiger partial charge in [0.15, 0.2) is 5.17 Å². The summed E-state index contributed by atoms with van der Waals surface area (Å²) in [6.45, 7) is 10.5. The summed E-state index contributed by atoms with van der Waals surface area (Å²) in [6, 6.07) is 23.1. The maximum absolute atomic E-state index is 5.36. The van der Waals surface area contributed by atoms with Crippen molar-refractivity contribution in [3.05, 3.63) is 89.0 Å². The van der Waals surface area contributed by atoms with Crippen LogP contribution in [0.15, 0.2) is 71.7 Å². The molecule has 4 nitrogen and oxygen atoms in total. The number of rotatable bonds is 9. The molecular formula is C30H38N2O2S. The molecule has 0 aliphatic carbocycles.